The van der Waals surface area contributed by atoms with Crippen LogP contribution in [0.3, 0.4) is 0 Å². The Balaban J connectivity index is 3.30. The third-order valence-electron chi connectivity index (χ3n) is 1.13. The van der Waals surface area contributed by atoms with Crippen molar-refractivity contribution in [3.63, 3.8) is 0 Å². The summed E-state index contributed by atoms with van der Waals surface area (Å²) < 4.78 is 5.10. The minimum Gasteiger partial charge on any atom is -0.499 e. The molecule has 2 nitrogen and oxygen atoms in total. The molecule has 0 aromatic heterocycles. The van der Waals surface area contributed by atoms with E-state index in [2.05, 4.69) is 6.58 Å². The summed E-state index contributed by atoms with van der Waals surface area (Å²) in [4.78, 5) is 0. The van der Waals surface area contributed by atoms with Crippen LogP contribution in [0.2, 0.25) is 0 Å². The Bertz CT molecular complexity index is 129. The Morgan fingerprint density at radius 3 is 2.50 bits per heavy atom. The summed E-state index contributed by atoms with van der Waals surface area (Å²) in [5, 5.41) is 7.12. The third kappa shape index (κ3) is 5.35. The molecule has 0 fully saturated rings. The molecule has 0 aliphatic rings. The molecule has 0 rings (SSSR count). The van der Waals surface area contributed by atoms with Gasteiger partial charge in [0.05, 0.1) is 12.4 Å². The summed E-state index contributed by atoms with van der Waals surface area (Å²) in [6, 6.07) is 0. The van der Waals surface area contributed by atoms with Crippen molar-refractivity contribution in [1.82, 2.24) is 0 Å². The van der Waals surface area contributed by atoms with Crippen LogP contribution in [-0.2, 0) is 4.74 Å². The van der Waals surface area contributed by atoms with Crippen LogP contribution in [0.15, 0.2) is 12.3 Å². The van der Waals surface area contributed by atoms with E-state index in [9.17, 15) is 0 Å². The van der Waals surface area contributed by atoms with Crippen LogP contribution in [0.25, 0.3) is 0 Å². The normalized spacial score (nSPS) is 9.00. The molecular formula is C8H15NO. The highest BCUT2D eigenvalue weighted by molar-refractivity contribution is 5.78. The first-order valence-electron chi connectivity index (χ1n) is 3.51. The monoisotopic (exact) mass is 141 g/mol. The lowest BCUT2D eigenvalue weighted by Gasteiger charge is -2.04. The van der Waals surface area contributed by atoms with Gasteiger partial charge in [0.2, 0.25) is 0 Å². The van der Waals surface area contributed by atoms with Crippen LogP contribution in [0, 0.1) is 5.41 Å². The second kappa shape index (κ2) is 5.03. The minimum absolute atomic E-state index is 0.676. The summed E-state index contributed by atoms with van der Waals surface area (Å²) in [5.74, 6) is 0.786. The summed E-state index contributed by atoms with van der Waals surface area (Å²) >= 11 is 0. The Morgan fingerprint density at radius 1 is 1.50 bits per heavy atom. The number of hydrogen-bond acceptors (Lipinski definition) is 2. The van der Waals surface area contributed by atoms with Gasteiger partial charge in [-0.25, -0.2) is 0 Å². The molecule has 0 spiro atoms. The highest BCUT2D eigenvalue weighted by atomic mass is 16.5. The molecule has 0 saturated heterocycles. The maximum atomic E-state index is 7.12. The van der Waals surface area contributed by atoms with Gasteiger partial charge in [0.25, 0.3) is 0 Å². The van der Waals surface area contributed by atoms with Gasteiger partial charge in [-0.3, -0.25) is 0 Å². The van der Waals surface area contributed by atoms with Crippen molar-refractivity contribution in [3.05, 3.63) is 12.3 Å². The average Bonchev–Trinajstić information content (AvgIpc) is 1.85. The van der Waals surface area contributed by atoms with Gasteiger partial charge in [-0.05, 0) is 20.3 Å². The van der Waals surface area contributed by atoms with E-state index in [1.165, 1.54) is 0 Å². The molecule has 10 heavy (non-hydrogen) atoms. The molecule has 58 valence electrons. The zero-order valence-electron chi connectivity index (χ0n) is 6.74. The van der Waals surface area contributed by atoms with E-state index in [0.29, 0.717) is 12.3 Å². The van der Waals surface area contributed by atoms with Gasteiger partial charge < -0.3 is 10.1 Å². The van der Waals surface area contributed by atoms with Gasteiger partial charge in [0.1, 0.15) is 0 Å². The highest BCUT2D eigenvalue weighted by Gasteiger charge is 1.93. The first kappa shape index (κ1) is 9.21. The molecule has 1 N–H and O–H groups in total. The zero-order chi connectivity index (χ0) is 7.98. The topological polar surface area (TPSA) is 33.1 Å². The second-order valence-corrected chi connectivity index (χ2v) is 2.25. The number of allylic oxidation sites excluding steroid dienone is 1. The van der Waals surface area contributed by atoms with Crippen LogP contribution >= 0.6 is 0 Å². The van der Waals surface area contributed by atoms with Crippen molar-refractivity contribution in [3.8, 4) is 0 Å². The van der Waals surface area contributed by atoms with Crippen molar-refractivity contribution in [2.45, 2.75) is 26.7 Å². The molecule has 0 bridgehead atoms. The minimum atomic E-state index is 0.676. The van der Waals surface area contributed by atoms with Crippen LogP contribution in [-0.4, -0.2) is 12.3 Å². The first-order chi connectivity index (χ1) is 4.66. The predicted octanol–water partition coefficient (Wildman–Crippen LogP) is 2.36. The van der Waals surface area contributed by atoms with Gasteiger partial charge in [-0.15, -0.1) is 0 Å². The van der Waals surface area contributed by atoms with E-state index >= 15 is 0 Å². The van der Waals surface area contributed by atoms with E-state index in [1.54, 1.807) is 6.92 Å². The van der Waals surface area contributed by atoms with Gasteiger partial charge in [0.15, 0.2) is 0 Å². The molecule has 0 aliphatic heterocycles. The van der Waals surface area contributed by atoms with Crippen LogP contribution in [0.1, 0.15) is 26.7 Å². The van der Waals surface area contributed by atoms with E-state index < -0.39 is 0 Å². The van der Waals surface area contributed by atoms with Crippen LogP contribution in [0.5, 0.6) is 0 Å². The first-order valence-corrected chi connectivity index (χ1v) is 3.51. The maximum Gasteiger partial charge on any atom is 0.0891 e. The zero-order valence-corrected chi connectivity index (χ0v) is 6.74. The van der Waals surface area contributed by atoms with Crippen LogP contribution < -0.4 is 0 Å². The Kier molecular flexibility index (Phi) is 4.63. The molecule has 0 aliphatic carbocycles. The number of nitrogens with one attached hydrogen (secondary N) is 1. The van der Waals surface area contributed by atoms with Crippen molar-refractivity contribution in [1.29, 1.82) is 5.41 Å². The van der Waals surface area contributed by atoms with Gasteiger partial charge in [-0.1, -0.05) is 6.58 Å². The Morgan fingerprint density at radius 2 is 2.10 bits per heavy atom. The summed E-state index contributed by atoms with van der Waals surface area (Å²) in [6.07, 6.45) is 1.54. The number of hydrogen-bond donors (Lipinski definition) is 1. The summed E-state index contributed by atoms with van der Waals surface area (Å²) in [5.41, 5.74) is 0.681. The highest BCUT2D eigenvalue weighted by Crippen LogP contribution is 2.03. The van der Waals surface area contributed by atoms with E-state index in [4.69, 9.17) is 10.1 Å². The Hall–Kier alpha value is -0.790. The van der Waals surface area contributed by atoms with Crippen LogP contribution in [0.4, 0.5) is 0 Å². The molecule has 2 heteroatoms. The van der Waals surface area contributed by atoms with Gasteiger partial charge in [-0.2, -0.15) is 0 Å². The molecule has 0 aromatic rings. The molecule has 0 radical (unpaired) electrons. The molecule has 0 unspecified atom stereocenters. The fraction of sp³-hybridized carbons (Fsp3) is 0.625. The lowest BCUT2D eigenvalue weighted by atomic mass is 10.2. The van der Waals surface area contributed by atoms with E-state index in [1.807, 2.05) is 6.92 Å². The van der Waals surface area contributed by atoms with E-state index in [-0.39, 0.29) is 0 Å². The molecule has 0 aromatic carbocycles. The fourth-order valence-corrected chi connectivity index (χ4v) is 0.603. The average molecular weight is 141 g/mol. The largest absolute Gasteiger partial charge is 0.499 e. The van der Waals surface area contributed by atoms with Crippen molar-refractivity contribution in [2.75, 3.05) is 6.61 Å². The van der Waals surface area contributed by atoms with E-state index in [0.717, 1.165) is 18.6 Å². The lowest BCUT2D eigenvalue weighted by molar-refractivity contribution is 0.221. The molecule has 0 amide bonds. The maximum absolute atomic E-state index is 7.12. The van der Waals surface area contributed by atoms with Crippen molar-refractivity contribution in [2.24, 2.45) is 0 Å². The number of ether oxygens (including phenoxy) is 1. The number of rotatable bonds is 5. The van der Waals surface area contributed by atoms with Gasteiger partial charge in [0, 0.05) is 12.1 Å². The fourth-order valence-electron chi connectivity index (χ4n) is 0.603. The van der Waals surface area contributed by atoms with Crippen molar-refractivity contribution >= 4 is 5.71 Å². The Labute approximate surface area is 62.4 Å². The molecule has 0 atom stereocenters. The van der Waals surface area contributed by atoms with Crippen molar-refractivity contribution < 1.29 is 4.74 Å². The standard InChI is InChI=1S/C8H15NO/c1-4-10-8(3)6-5-7(2)9/h9H,3-6H2,1-2H3. The SMILES string of the molecule is C=C(CCC(C)=N)OCC. The van der Waals surface area contributed by atoms with Gasteiger partial charge >= 0.3 is 0 Å². The lowest BCUT2D eigenvalue weighted by Crippen LogP contribution is -1.94. The predicted molar refractivity (Wildman–Crippen MR) is 43.4 cm³/mol. The quantitative estimate of drug-likeness (QED) is 0.462. The third-order valence-corrected chi connectivity index (χ3v) is 1.13. The molecule has 0 heterocycles. The molecule has 0 saturated carbocycles. The molecular weight excluding hydrogens is 126 g/mol. The summed E-state index contributed by atoms with van der Waals surface area (Å²) in [7, 11) is 0. The second-order valence-electron chi connectivity index (χ2n) is 2.25. The smallest absolute Gasteiger partial charge is 0.0891 e. The summed E-state index contributed by atoms with van der Waals surface area (Å²) in [6.45, 7) is 8.10.